The molecule has 1 heterocycles. The van der Waals surface area contributed by atoms with Crippen LogP contribution in [0.3, 0.4) is 0 Å². The van der Waals surface area contributed by atoms with Crippen LogP contribution in [0.5, 0.6) is 0 Å². The Hall–Kier alpha value is 0.530. The molecule has 0 amide bonds. The van der Waals surface area contributed by atoms with E-state index in [0.29, 0.717) is 9.52 Å². The first-order chi connectivity index (χ1) is 3.43. The van der Waals surface area contributed by atoms with Crippen molar-refractivity contribution in [2.24, 2.45) is 0 Å². The van der Waals surface area contributed by atoms with E-state index >= 15 is 0 Å². The van der Waals surface area contributed by atoms with E-state index in [1.54, 1.807) is 0 Å². The predicted octanol–water partition coefficient (Wildman–Crippen LogP) is 0.896. The third-order valence-electron chi connectivity index (χ3n) is 0.876. The molecule has 0 aliphatic carbocycles. The molecule has 0 bridgehead atoms. The summed E-state index contributed by atoms with van der Waals surface area (Å²) in [5.74, 6) is 1.33. The lowest BCUT2D eigenvalue weighted by molar-refractivity contribution is 1.03. The van der Waals surface area contributed by atoms with Crippen LogP contribution in [0, 0.1) is 0 Å². The Morgan fingerprint density at radius 2 is 2.71 bits per heavy atom. The van der Waals surface area contributed by atoms with Crippen LogP contribution < -0.4 is 5.32 Å². The molecule has 1 aliphatic rings. The maximum atomic E-state index is 3.19. The van der Waals surface area contributed by atoms with E-state index in [-0.39, 0.29) is 0 Å². The molecule has 3 heteroatoms. The lowest BCUT2D eigenvalue weighted by Crippen LogP contribution is -2.04. The normalized spacial score (nSPS) is 30.1. The zero-order valence-electron chi connectivity index (χ0n) is 4.31. The fourth-order valence-corrected chi connectivity index (χ4v) is 2.75. The monoisotopic (exact) mass is 135 g/mol. The van der Waals surface area contributed by atoms with Crippen LogP contribution in [-0.4, -0.2) is 24.0 Å². The molecule has 0 radical (unpaired) electrons. The molecular formula is C4H9NS2. The number of hydrogen-bond acceptors (Lipinski definition) is 2. The summed E-state index contributed by atoms with van der Waals surface area (Å²) in [6.07, 6.45) is 2.16. The van der Waals surface area contributed by atoms with Crippen molar-refractivity contribution in [2.45, 2.75) is 0 Å². The lowest BCUT2D eigenvalue weighted by atomic mass is 10.8. The van der Waals surface area contributed by atoms with E-state index in [1.807, 2.05) is 10.8 Å². The molecular weight excluding hydrogens is 126 g/mol. The van der Waals surface area contributed by atoms with Gasteiger partial charge in [0.2, 0.25) is 0 Å². The van der Waals surface area contributed by atoms with Crippen molar-refractivity contribution in [1.29, 1.82) is 0 Å². The second kappa shape index (κ2) is 2.74. The summed E-state index contributed by atoms with van der Waals surface area (Å²) >= 11 is 0. The maximum Gasteiger partial charge on any atom is 0.0117 e. The van der Waals surface area contributed by atoms with Crippen molar-refractivity contribution < 1.29 is 0 Å². The molecule has 1 rings (SSSR count). The average Bonchev–Trinajstić information content (AvgIpc) is 2.14. The van der Waals surface area contributed by atoms with Gasteiger partial charge in [0, 0.05) is 17.8 Å². The zero-order valence-corrected chi connectivity index (χ0v) is 5.94. The molecule has 0 fully saturated rings. The van der Waals surface area contributed by atoms with Crippen molar-refractivity contribution in [3.05, 3.63) is 0 Å². The van der Waals surface area contributed by atoms with Gasteiger partial charge in [0.15, 0.2) is 0 Å². The molecule has 42 valence electrons. The van der Waals surface area contributed by atoms with Gasteiger partial charge in [-0.2, -0.15) is 0 Å². The molecule has 7 heavy (non-hydrogen) atoms. The molecule has 1 N–H and O–H groups in total. The van der Waals surface area contributed by atoms with Gasteiger partial charge < -0.3 is 0 Å². The molecule has 0 spiro atoms. The summed E-state index contributed by atoms with van der Waals surface area (Å²) in [5, 5.41) is 3.19. The Labute approximate surface area is 50.2 Å². The van der Waals surface area contributed by atoms with Crippen molar-refractivity contribution in [2.75, 3.05) is 18.6 Å². The van der Waals surface area contributed by atoms with Crippen molar-refractivity contribution in [3.8, 4) is 0 Å². The summed E-state index contributed by atoms with van der Waals surface area (Å²) in [6, 6.07) is 0. The highest BCUT2D eigenvalue weighted by molar-refractivity contribution is 8.83. The Morgan fingerprint density at radius 3 is 3.00 bits per heavy atom. The van der Waals surface area contributed by atoms with Crippen LogP contribution in [0.1, 0.15) is 0 Å². The number of rotatable bonds is 1. The third kappa shape index (κ3) is 1.48. The summed E-state index contributed by atoms with van der Waals surface area (Å²) in [7, 11) is 2.49. The largest absolute Gasteiger partial charge is 0.289 e. The maximum absolute atomic E-state index is 3.19. The van der Waals surface area contributed by atoms with Crippen molar-refractivity contribution >= 4 is 25.8 Å². The van der Waals surface area contributed by atoms with Gasteiger partial charge in [0.1, 0.15) is 0 Å². The molecule has 1 unspecified atom stereocenters. The van der Waals surface area contributed by atoms with Crippen LogP contribution in [0.2, 0.25) is 0 Å². The van der Waals surface area contributed by atoms with E-state index in [9.17, 15) is 0 Å². The highest BCUT2D eigenvalue weighted by Crippen LogP contribution is 2.27. The quantitative estimate of drug-likeness (QED) is 0.423. The van der Waals surface area contributed by atoms with E-state index in [1.165, 1.54) is 12.3 Å². The highest BCUT2D eigenvalue weighted by atomic mass is 33.1. The fourth-order valence-electron chi connectivity index (χ4n) is 0.502. The van der Waals surface area contributed by atoms with E-state index in [2.05, 4.69) is 17.1 Å². The Kier molecular flexibility index (Phi) is 2.22. The van der Waals surface area contributed by atoms with Crippen LogP contribution >= 0.6 is 20.3 Å². The summed E-state index contributed by atoms with van der Waals surface area (Å²) in [6.45, 7) is 1.18. The van der Waals surface area contributed by atoms with Gasteiger partial charge in [-0.1, -0.05) is 0 Å². The lowest BCUT2D eigenvalue weighted by Gasteiger charge is -1.89. The van der Waals surface area contributed by atoms with Gasteiger partial charge in [-0.3, -0.25) is 5.32 Å². The third-order valence-corrected chi connectivity index (χ3v) is 4.41. The minimum atomic E-state index is 0.546. The fraction of sp³-hybridized carbons (Fsp3) is 0.750. The van der Waals surface area contributed by atoms with Gasteiger partial charge in [-0.25, -0.2) is 0 Å². The first kappa shape index (κ1) is 5.66. The summed E-state index contributed by atoms with van der Waals surface area (Å²) in [5.41, 5.74) is 2.20. The van der Waals surface area contributed by atoms with Gasteiger partial charge in [-0.15, -0.1) is 20.3 Å². The molecule has 0 aromatic heterocycles. The highest BCUT2D eigenvalue weighted by Gasteiger charge is 1.97. The molecule has 0 saturated carbocycles. The molecule has 0 aromatic rings. The second-order valence-electron chi connectivity index (χ2n) is 1.32. The SMILES string of the molecule is CSS1=CNCC1. The minimum Gasteiger partial charge on any atom is -0.289 e. The van der Waals surface area contributed by atoms with Crippen molar-refractivity contribution in [3.63, 3.8) is 0 Å². The zero-order chi connectivity index (χ0) is 5.11. The smallest absolute Gasteiger partial charge is 0.0117 e. The first-order valence-electron chi connectivity index (χ1n) is 2.24. The molecule has 1 nitrogen and oxygen atoms in total. The topological polar surface area (TPSA) is 12.0 Å². The summed E-state index contributed by atoms with van der Waals surface area (Å²) in [4.78, 5) is 0. The number of hydrogen-bond donors (Lipinski definition) is 1. The Morgan fingerprint density at radius 1 is 1.86 bits per heavy atom. The molecule has 1 aliphatic heterocycles. The standard InChI is InChI=1S/C4H9NS2/c1-6-7-3-2-5-4-7/h4-5H,2-3H2,1H3. The van der Waals surface area contributed by atoms with Crippen LogP contribution in [0.4, 0.5) is 0 Å². The van der Waals surface area contributed by atoms with Crippen LogP contribution in [-0.2, 0) is 0 Å². The van der Waals surface area contributed by atoms with E-state index in [0.717, 1.165) is 0 Å². The molecule has 0 saturated heterocycles. The van der Waals surface area contributed by atoms with Crippen LogP contribution in [0.15, 0.2) is 0 Å². The first-order valence-corrected chi connectivity index (χ1v) is 5.44. The summed E-state index contributed by atoms with van der Waals surface area (Å²) < 4.78 is 0. The van der Waals surface area contributed by atoms with Crippen molar-refractivity contribution in [1.82, 2.24) is 5.32 Å². The Balaban J connectivity index is 2.36. The minimum absolute atomic E-state index is 0.546. The predicted molar refractivity (Wildman–Crippen MR) is 40.0 cm³/mol. The Bertz CT molecular complexity index is 89.7. The van der Waals surface area contributed by atoms with Gasteiger partial charge in [0.05, 0.1) is 0 Å². The van der Waals surface area contributed by atoms with Gasteiger partial charge >= 0.3 is 0 Å². The van der Waals surface area contributed by atoms with Crippen LogP contribution in [0.25, 0.3) is 0 Å². The van der Waals surface area contributed by atoms with Gasteiger partial charge in [-0.05, 0) is 6.26 Å². The molecule has 0 aromatic carbocycles. The van der Waals surface area contributed by atoms with Gasteiger partial charge in [0.25, 0.3) is 0 Å². The second-order valence-corrected chi connectivity index (χ2v) is 5.35. The molecule has 1 atom stereocenters. The van der Waals surface area contributed by atoms with E-state index < -0.39 is 0 Å². The van der Waals surface area contributed by atoms with E-state index in [4.69, 9.17) is 0 Å². The number of nitrogens with one attached hydrogen (secondary N) is 1. The average molecular weight is 135 g/mol.